The molecule has 6 atom stereocenters. The molecule has 0 unspecified atom stereocenters. The lowest BCUT2D eigenvalue weighted by atomic mass is 9.54. The van der Waals surface area contributed by atoms with Gasteiger partial charge in [-0.25, -0.2) is 0 Å². The van der Waals surface area contributed by atoms with Gasteiger partial charge in [0, 0.05) is 11.5 Å². The molecule has 6 N–H and O–H groups in total. The van der Waals surface area contributed by atoms with Gasteiger partial charge in [-0.15, -0.1) is 0 Å². The molecule has 11 heteroatoms. The van der Waals surface area contributed by atoms with Crippen LogP contribution in [0.1, 0.15) is 24.0 Å². The molecule has 34 heavy (non-hydrogen) atoms. The van der Waals surface area contributed by atoms with E-state index in [-0.39, 0.29) is 17.8 Å². The van der Waals surface area contributed by atoms with Gasteiger partial charge in [-0.1, -0.05) is 19.1 Å². The normalized spacial score (nSPS) is 32.8. The second-order valence-corrected chi connectivity index (χ2v) is 9.00. The van der Waals surface area contributed by atoms with Crippen molar-refractivity contribution in [3.63, 3.8) is 0 Å². The quantitative estimate of drug-likeness (QED) is 0.287. The number of aromatic hydroxyl groups is 1. The molecule has 11 nitrogen and oxygen atoms in total. The number of likely N-dealkylation sites (N-methyl/N-ethyl adjacent to an activating group) is 1. The largest absolute Gasteiger partial charge is 0.508 e. The number of benzene rings is 1. The molecule has 1 aromatic carbocycles. The Labute approximate surface area is 193 Å². The van der Waals surface area contributed by atoms with E-state index in [1.54, 1.807) is 19.1 Å². The lowest BCUT2D eigenvalue weighted by molar-refractivity contribution is -0.178. The van der Waals surface area contributed by atoms with Crippen LogP contribution < -0.4 is 5.73 Å². The van der Waals surface area contributed by atoms with Gasteiger partial charge in [0.1, 0.15) is 28.9 Å². The molecule has 0 radical (unpaired) electrons. The third-order valence-corrected chi connectivity index (χ3v) is 7.18. The number of aliphatic hydroxyl groups excluding tert-OH is 2. The topological polar surface area (TPSA) is 188 Å². The van der Waals surface area contributed by atoms with Gasteiger partial charge in [0.05, 0.1) is 17.5 Å². The summed E-state index contributed by atoms with van der Waals surface area (Å²) in [5.41, 5.74) is 1.40. The first-order valence-electron chi connectivity index (χ1n) is 10.5. The molecule has 1 aromatic rings. The van der Waals surface area contributed by atoms with E-state index in [1.807, 2.05) is 0 Å². The number of carbonyl (C=O) groups excluding carboxylic acids is 4. The van der Waals surface area contributed by atoms with Crippen LogP contribution in [0.5, 0.6) is 5.75 Å². The number of ketones is 2. The highest BCUT2D eigenvalue weighted by molar-refractivity contribution is 6.24. The van der Waals surface area contributed by atoms with E-state index in [0.29, 0.717) is 5.56 Å². The van der Waals surface area contributed by atoms with Crippen molar-refractivity contribution < 1.29 is 44.3 Å². The average molecular weight is 472 g/mol. The Kier molecular flexibility index (Phi) is 5.29. The first-order chi connectivity index (χ1) is 15.9. The maximum absolute atomic E-state index is 13.8. The number of nitrogens with zero attached hydrogens (tertiary/aromatic N) is 1. The molecule has 0 spiro atoms. The van der Waals surface area contributed by atoms with E-state index in [2.05, 4.69) is 0 Å². The Morgan fingerprint density at radius 3 is 2.41 bits per heavy atom. The van der Waals surface area contributed by atoms with Gasteiger partial charge in [-0.3, -0.25) is 24.1 Å². The number of hydrogen-bond acceptors (Lipinski definition) is 10. The van der Waals surface area contributed by atoms with Crippen molar-refractivity contribution in [1.82, 2.24) is 4.90 Å². The van der Waals surface area contributed by atoms with Gasteiger partial charge < -0.3 is 30.9 Å². The van der Waals surface area contributed by atoms with Crippen LogP contribution in [-0.4, -0.2) is 81.1 Å². The van der Waals surface area contributed by atoms with Gasteiger partial charge in [0.25, 0.3) is 12.4 Å². The summed E-state index contributed by atoms with van der Waals surface area (Å²) in [5, 5.41) is 44.0. The first-order valence-corrected chi connectivity index (χ1v) is 10.5. The Hall–Kier alpha value is -3.70. The summed E-state index contributed by atoms with van der Waals surface area (Å²) in [6.07, 6.45) is -1.39. The lowest BCUT2D eigenvalue weighted by Crippen LogP contribution is -2.70. The molecule has 4 rings (SSSR count). The number of fused-ring (bicyclic) bond motifs is 3. The van der Waals surface area contributed by atoms with Gasteiger partial charge in [-0.2, -0.15) is 0 Å². The van der Waals surface area contributed by atoms with Crippen molar-refractivity contribution in [2.45, 2.75) is 30.6 Å². The summed E-state index contributed by atoms with van der Waals surface area (Å²) in [7, 11) is 2.90. The molecular weight excluding hydrogens is 448 g/mol. The van der Waals surface area contributed by atoms with Crippen molar-refractivity contribution in [1.29, 1.82) is 0 Å². The van der Waals surface area contributed by atoms with Gasteiger partial charge in [-0.05, 0) is 31.6 Å². The fourth-order valence-corrected chi connectivity index (χ4v) is 5.78. The SMILES string of the molecule is C[C@@H]1c2cccc(O)c2C(O)=C2C(=O)[C@@]3(O)C(O)=C(C(N)=O)C(=O)[C@H](N(C)C)[C@H]3[C@H](OC=O)[C@H]21. The molecular formula is C23H24N2O9. The molecule has 3 aliphatic carbocycles. The average Bonchev–Trinajstić information content (AvgIpc) is 2.75. The molecule has 0 bridgehead atoms. The summed E-state index contributed by atoms with van der Waals surface area (Å²) in [6, 6.07) is 3.07. The zero-order valence-corrected chi connectivity index (χ0v) is 18.6. The number of carbonyl (C=O) groups is 4. The van der Waals surface area contributed by atoms with E-state index >= 15 is 0 Å². The van der Waals surface area contributed by atoms with Crippen LogP contribution >= 0.6 is 0 Å². The molecule has 1 amide bonds. The van der Waals surface area contributed by atoms with Crippen LogP contribution in [-0.2, 0) is 23.9 Å². The number of aliphatic hydroxyl groups is 3. The highest BCUT2D eigenvalue weighted by Gasteiger charge is 2.69. The first kappa shape index (κ1) is 23.5. The summed E-state index contributed by atoms with van der Waals surface area (Å²) in [4.78, 5) is 51.9. The lowest BCUT2D eigenvalue weighted by Gasteiger charge is -2.54. The molecule has 0 aromatic heterocycles. The highest BCUT2D eigenvalue weighted by atomic mass is 16.5. The Bertz CT molecular complexity index is 1200. The van der Waals surface area contributed by atoms with E-state index in [9.17, 15) is 39.6 Å². The number of hydrogen-bond donors (Lipinski definition) is 5. The minimum Gasteiger partial charge on any atom is -0.508 e. The summed E-state index contributed by atoms with van der Waals surface area (Å²) < 4.78 is 5.34. The third kappa shape index (κ3) is 2.77. The number of ether oxygens (including phenoxy) is 1. The number of phenols is 1. The summed E-state index contributed by atoms with van der Waals surface area (Å²) >= 11 is 0. The summed E-state index contributed by atoms with van der Waals surface area (Å²) in [5.74, 6) is -8.99. The van der Waals surface area contributed by atoms with Crippen LogP contribution in [0.2, 0.25) is 0 Å². The minimum atomic E-state index is -2.93. The monoisotopic (exact) mass is 472 g/mol. The maximum Gasteiger partial charge on any atom is 0.293 e. The van der Waals surface area contributed by atoms with Crippen molar-refractivity contribution in [3.8, 4) is 5.75 Å². The molecule has 0 aliphatic heterocycles. The molecule has 0 saturated heterocycles. The van der Waals surface area contributed by atoms with Crippen LogP contribution in [0.25, 0.3) is 5.76 Å². The molecule has 0 heterocycles. The number of phenolic OH excluding ortho intramolecular Hbond substituents is 1. The van der Waals surface area contributed by atoms with E-state index in [4.69, 9.17) is 10.5 Å². The van der Waals surface area contributed by atoms with E-state index in [0.717, 1.165) is 0 Å². The Balaban J connectivity index is 2.11. The fourth-order valence-electron chi connectivity index (χ4n) is 5.78. The Morgan fingerprint density at radius 1 is 1.21 bits per heavy atom. The van der Waals surface area contributed by atoms with Crippen LogP contribution in [0.15, 0.2) is 35.1 Å². The standard InChI is InChI=1S/C23H24N2O9/c1-8-9-5-4-6-10(27)12(9)17(28)13-11(8)19(34-7-26)15-16(25(2)3)18(29)14(22(24)32)21(31)23(15,33)20(13)30/h4-8,11,15-16,19,27-28,31,33H,1-3H3,(H2,24,32)/t8-,11+,15+,16-,19-,23-/m1/s1. The Morgan fingerprint density at radius 2 is 1.85 bits per heavy atom. The number of Topliss-reactive ketones (excluding diaryl/α,β-unsaturated/α-hetero) is 2. The zero-order chi connectivity index (χ0) is 25.3. The smallest absolute Gasteiger partial charge is 0.293 e. The second-order valence-electron chi connectivity index (χ2n) is 9.00. The zero-order valence-electron chi connectivity index (χ0n) is 18.6. The van der Waals surface area contributed by atoms with Crippen molar-refractivity contribution >= 4 is 29.7 Å². The van der Waals surface area contributed by atoms with Gasteiger partial charge >= 0.3 is 0 Å². The minimum absolute atomic E-state index is 0.0452. The van der Waals surface area contributed by atoms with Crippen LogP contribution in [0, 0.1) is 11.8 Å². The molecule has 3 aliphatic rings. The van der Waals surface area contributed by atoms with Gasteiger partial charge in [0.2, 0.25) is 5.78 Å². The van der Waals surface area contributed by atoms with Gasteiger partial charge in [0.15, 0.2) is 11.4 Å². The van der Waals surface area contributed by atoms with Crippen molar-refractivity contribution in [3.05, 3.63) is 46.2 Å². The summed E-state index contributed by atoms with van der Waals surface area (Å²) in [6.45, 7) is 1.76. The predicted molar refractivity (Wildman–Crippen MR) is 115 cm³/mol. The predicted octanol–water partition coefficient (Wildman–Crippen LogP) is -0.323. The molecule has 1 fully saturated rings. The number of primary amides is 1. The number of nitrogens with two attached hydrogens (primary N) is 1. The van der Waals surface area contributed by atoms with E-state index < -0.39 is 75.6 Å². The highest BCUT2D eigenvalue weighted by Crippen LogP contribution is 2.56. The number of rotatable bonds is 4. The van der Waals surface area contributed by atoms with E-state index in [1.165, 1.54) is 25.1 Å². The maximum atomic E-state index is 13.8. The van der Waals surface area contributed by atoms with Crippen molar-refractivity contribution in [2.24, 2.45) is 17.6 Å². The van der Waals surface area contributed by atoms with Crippen LogP contribution in [0.3, 0.4) is 0 Å². The third-order valence-electron chi connectivity index (χ3n) is 7.18. The second kappa shape index (κ2) is 7.67. The molecule has 180 valence electrons. The van der Waals surface area contributed by atoms with Crippen LogP contribution in [0.4, 0.5) is 0 Å². The molecule has 1 saturated carbocycles. The fraction of sp³-hybridized carbons (Fsp3) is 0.391. The van der Waals surface area contributed by atoms with Crippen molar-refractivity contribution in [2.75, 3.05) is 14.1 Å². The number of amides is 1.